The first-order valence-corrected chi connectivity index (χ1v) is 25.6. The fourth-order valence-electron chi connectivity index (χ4n) is 7.83. The maximum atomic E-state index is 13.5. The molecule has 8 rings (SSSR count). The number of nitrogens with zero attached hydrogens (tertiary/aromatic N) is 10. The number of furan rings is 2. The van der Waals surface area contributed by atoms with Gasteiger partial charge in [0.1, 0.15) is 46.2 Å². The predicted octanol–water partition coefficient (Wildman–Crippen LogP) is 8.04. The highest BCUT2D eigenvalue weighted by Crippen LogP contribution is 2.35. The molecule has 0 aliphatic carbocycles. The first-order chi connectivity index (χ1) is 33.5. The minimum absolute atomic E-state index is 0.0607. The fourth-order valence-corrected chi connectivity index (χ4v) is 11.2. The summed E-state index contributed by atoms with van der Waals surface area (Å²) >= 11 is 0. The van der Waals surface area contributed by atoms with E-state index in [9.17, 15) is 25.6 Å². The van der Waals surface area contributed by atoms with Gasteiger partial charge in [0.05, 0.1) is 60.9 Å². The van der Waals surface area contributed by atoms with Gasteiger partial charge in [-0.3, -0.25) is 9.13 Å². The number of halogens is 2. The molecule has 0 saturated heterocycles. The smallest absolute Gasteiger partial charge is 0.204 e. The van der Waals surface area contributed by atoms with E-state index >= 15 is 0 Å². The SMILES string of the molecule is CC[C@@H](Cc1ncc(F)cn1)S(=O)(=O)Cc1nnc(-c2ccc(C)o2)n1-c1c(C)cccc1OC.CC[C@H](Cc1ncc(F)cn1)S(=O)(=O)Cc1nnc(-c2ccc(C)o2)n1-c1c(C)cccc1OC. The molecule has 0 aliphatic rings. The Morgan fingerprint density at radius 3 is 1.24 bits per heavy atom. The molecular formula is C48H52F2N10O8S2. The molecule has 70 heavy (non-hydrogen) atoms. The number of rotatable bonds is 18. The topological polar surface area (TPSA) is 226 Å². The molecule has 0 N–H and O–H groups in total. The molecule has 6 aromatic heterocycles. The average molecular weight is 999 g/mol. The molecule has 0 saturated carbocycles. The third kappa shape index (κ3) is 11.3. The second-order valence-electron chi connectivity index (χ2n) is 16.3. The van der Waals surface area contributed by atoms with E-state index in [2.05, 4.69) is 40.3 Å². The Hall–Kier alpha value is -7.20. The molecule has 2 aromatic carbocycles. The van der Waals surface area contributed by atoms with Crippen LogP contribution in [0.4, 0.5) is 8.78 Å². The molecule has 18 nitrogen and oxygen atoms in total. The molecule has 2 atom stereocenters. The molecule has 0 fully saturated rings. The van der Waals surface area contributed by atoms with Gasteiger partial charge >= 0.3 is 0 Å². The van der Waals surface area contributed by atoms with Gasteiger partial charge in [-0.1, -0.05) is 38.1 Å². The first kappa shape index (κ1) is 50.7. The van der Waals surface area contributed by atoms with Crippen LogP contribution in [-0.4, -0.2) is 91.0 Å². The number of hydrogen-bond donors (Lipinski definition) is 0. The molecule has 6 heterocycles. The van der Waals surface area contributed by atoms with Crippen molar-refractivity contribution in [3.63, 3.8) is 0 Å². The Morgan fingerprint density at radius 2 is 0.929 bits per heavy atom. The summed E-state index contributed by atoms with van der Waals surface area (Å²) in [5, 5.41) is 15.5. The van der Waals surface area contributed by atoms with Crippen LogP contribution in [-0.2, 0) is 44.0 Å². The zero-order valence-electron chi connectivity index (χ0n) is 39.8. The molecule has 368 valence electrons. The average Bonchev–Trinajstić information content (AvgIpc) is 4.15. The lowest BCUT2D eigenvalue weighted by atomic mass is 10.1. The predicted molar refractivity (Wildman–Crippen MR) is 255 cm³/mol. The van der Waals surface area contributed by atoms with Crippen molar-refractivity contribution in [1.82, 2.24) is 49.5 Å². The van der Waals surface area contributed by atoms with E-state index < -0.39 is 41.8 Å². The third-order valence-corrected chi connectivity index (χ3v) is 15.8. The summed E-state index contributed by atoms with van der Waals surface area (Å²) in [6, 6.07) is 18.2. The molecule has 0 bridgehead atoms. The highest BCUT2D eigenvalue weighted by molar-refractivity contribution is 7.91. The third-order valence-electron chi connectivity index (χ3n) is 11.4. The summed E-state index contributed by atoms with van der Waals surface area (Å²) in [6.07, 6.45) is 4.89. The number of ether oxygens (including phenoxy) is 2. The maximum absolute atomic E-state index is 13.5. The zero-order chi connectivity index (χ0) is 50.3. The molecule has 0 aliphatic heterocycles. The molecule has 22 heteroatoms. The van der Waals surface area contributed by atoms with E-state index in [1.54, 1.807) is 73.6 Å². The zero-order valence-corrected chi connectivity index (χ0v) is 41.4. The molecular weight excluding hydrogens is 947 g/mol. The minimum Gasteiger partial charge on any atom is -0.495 e. The standard InChI is InChI=1S/2C24H26FN5O4S/c2*1-5-18(11-21-26-12-17(25)13-27-21)35(31,32)14-22-28-29-24(20-10-9-16(3)34-20)30(22)23-15(2)7-6-8-19(23)33-4/h2*6-10,12-13,18H,5,11,14H2,1-4H3/t2*18-/m10/s1. The van der Waals surface area contributed by atoms with Gasteiger partial charge in [-0.2, -0.15) is 0 Å². The number of para-hydroxylation sites is 2. The lowest BCUT2D eigenvalue weighted by Gasteiger charge is -2.18. The van der Waals surface area contributed by atoms with Gasteiger partial charge < -0.3 is 18.3 Å². The molecule has 0 amide bonds. The van der Waals surface area contributed by atoms with Gasteiger partial charge in [-0.05, 0) is 88.1 Å². The summed E-state index contributed by atoms with van der Waals surface area (Å²) in [5.41, 5.74) is 2.95. The van der Waals surface area contributed by atoms with Gasteiger partial charge in [-0.25, -0.2) is 45.6 Å². The molecule has 0 unspecified atom stereocenters. The summed E-state index contributed by atoms with van der Waals surface area (Å²) in [6.45, 7) is 11.0. The van der Waals surface area contributed by atoms with Crippen LogP contribution in [0.5, 0.6) is 11.5 Å². The lowest BCUT2D eigenvalue weighted by molar-refractivity contribution is 0.412. The maximum Gasteiger partial charge on any atom is 0.204 e. The van der Waals surface area contributed by atoms with Crippen molar-refractivity contribution >= 4 is 19.7 Å². The van der Waals surface area contributed by atoms with Crippen LogP contribution in [0.15, 0.2) is 94.3 Å². The van der Waals surface area contributed by atoms with Crippen molar-refractivity contribution in [2.45, 2.75) is 89.2 Å². The number of benzene rings is 2. The lowest BCUT2D eigenvalue weighted by Crippen LogP contribution is -2.27. The van der Waals surface area contributed by atoms with Gasteiger partial charge in [0.15, 0.2) is 54.5 Å². The Labute approximate surface area is 404 Å². The van der Waals surface area contributed by atoms with Crippen LogP contribution in [0, 0.1) is 39.3 Å². The summed E-state index contributed by atoms with van der Waals surface area (Å²) < 4.78 is 107. The highest BCUT2D eigenvalue weighted by atomic mass is 32.2. The monoisotopic (exact) mass is 998 g/mol. The first-order valence-electron chi connectivity index (χ1n) is 22.1. The number of sulfone groups is 2. The Kier molecular flexibility index (Phi) is 15.6. The number of methoxy groups -OCH3 is 2. The quantitative estimate of drug-likeness (QED) is 0.0792. The van der Waals surface area contributed by atoms with Gasteiger partial charge in [0.25, 0.3) is 0 Å². The Bertz CT molecular complexity index is 3080. The molecule has 0 spiro atoms. The van der Waals surface area contributed by atoms with Crippen molar-refractivity contribution in [2.24, 2.45) is 0 Å². The van der Waals surface area contributed by atoms with Gasteiger partial charge in [-0.15, -0.1) is 20.4 Å². The van der Waals surface area contributed by atoms with E-state index in [1.807, 2.05) is 52.0 Å². The fraction of sp³-hybridized carbons (Fsp3) is 0.333. The minimum atomic E-state index is -3.73. The van der Waals surface area contributed by atoms with E-state index in [4.69, 9.17) is 18.3 Å². The van der Waals surface area contributed by atoms with Crippen molar-refractivity contribution in [2.75, 3.05) is 14.2 Å². The van der Waals surface area contributed by atoms with Crippen LogP contribution in [0.25, 0.3) is 34.5 Å². The van der Waals surface area contributed by atoms with E-state index in [-0.39, 0.29) is 47.6 Å². The number of aryl methyl sites for hydroxylation is 4. The van der Waals surface area contributed by atoms with Crippen LogP contribution in [0.1, 0.15) is 72.6 Å². The Morgan fingerprint density at radius 1 is 0.557 bits per heavy atom. The van der Waals surface area contributed by atoms with Crippen molar-refractivity contribution in [3.8, 4) is 46.0 Å². The van der Waals surface area contributed by atoms with Crippen LogP contribution >= 0.6 is 0 Å². The normalized spacial score (nSPS) is 12.6. The van der Waals surface area contributed by atoms with E-state index in [0.29, 0.717) is 70.4 Å². The van der Waals surface area contributed by atoms with Crippen molar-refractivity contribution < 1.29 is 43.9 Å². The summed E-state index contributed by atoms with van der Waals surface area (Å²) in [4.78, 5) is 15.7. The second kappa shape index (κ2) is 21.6. The highest BCUT2D eigenvalue weighted by Gasteiger charge is 2.33. The second-order valence-corrected chi connectivity index (χ2v) is 20.9. The number of aromatic nitrogens is 10. The van der Waals surface area contributed by atoms with Gasteiger partial charge in [0.2, 0.25) is 11.6 Å². The van der Waals surface area contributed by atoms with Crippen LogP contribution in [0.2, 0.25) is 0 Å². The molecule has 8 aromatic rings. The van der Waals surface area contributed by atoms with Crippen molar-refractivity contribution in [1.29, 1.82) is 0 Å². The van der Waals surface area contributed by atoms with E-state index in [1.165, 1.54) is 0 Å². The van der Waals surface area contributed by atoms with Crippen LogP contribution in [0.3, 0.4) is 0 Å². The van der Waals surface area contributed by atoms with E-state index in [0.717, 1.165) is 35.9 Å². The van der Waals surface area contributed by atoms with Gasteiger partial charge in [0, 0.05) is 12.8 Å². The summed E-state index contributed by atoms with van der Waals surface area (Å²) in [5.74, 6) is 3.15. The Balaban J connectivity index is 0.000000206. The number of hydrogen-bond acceptors (Lipinski definition) is 16. The molecule has 0 radical (unpaired) electrons. The largest absolute Gasteiger partial charge is 0.495 e. The van der Waals surface area contributed by atoms with Crippen molar-refractivity contribution in [3.05, 3.63) is 143 Å². The van der Waals surface area contributed by atoms with Crippen LogP contribution < -0.4 is 9.47 Å². The summed E-state index contributed by atoms with van der Waals surface area (Å²) in [7, 11) is -4.36.